The lowest BCUT2D eigenvalue weighted by atomic mass is 10.2. The second-order valence-electron chi connectivity index (χ2n) is 4.22. The maximum absolute atomic E-state index is 4.54. The van der Waals surface area contributed by atoms with Gasteiger partial charge in [-0.25, -0.2) is 4.98 Å². The Balaban J connectivity index is 2.05. The van der Waals surface area contributed by atoms with Gasteiger partial charge in [-0.15, -0.1) is 0 Å². The zero-order chi connectivity index (χ0) is 11.5. The molecule has 1 N–H and O–H groups in total. The predicted molar refractivity (Wildman–Crippen MR) is 75.2 cm³/mol. The summed E-state index contributed by atoms with van der Waals surface area (Å²) >= 11 is 5.44. The number of halogens is 1. The van der Waals surface area contributed by atoms with Gasteiger partial charge in [0.2, 0.25) is 0 Å². The minimum absolute atomic E-state index is 0.586. The molecule has 0 aromatic carbocycles. The van der Waals surface area contributed by atoms with Crippen molar-refractivity contribution < 1.29 is 0 Å². The van der Waals surface area contributed by atoms with Crippen molar-refractivity contribution in [3.8, 4) is 0 Å². The van der Waals surface area contributed by atoms with Crippen LogP contribution in [0, 0.1) is 6.92 Å². The first kappa shape index (κ1) is 12.2. The zero-order valence-electron chi connectivity index (χ0n) is 9.66. The van der Waals surface area contributed by atoms with Crippen LogP contribution in [0.5, 0.6) is 0 Å². The molecule has 1 heterocycles. The van der Waals surface area contributed by atoms with Gasteiger partial charge in [0.15, 0.2) is 0 Å². The highest BCUT2D eigenvalue weighted by Crippen LogP contribution is 2.30. The van der Waals surface area contributed by atoms with E-state index in [1.807, 2.05) is 24.8 Å². The summed E-state index contributed by atoms with van der Waals surface area (Å²) in [6.45, 7) is 2.02. The van der Waals surface area contributed by atoms with Crippen LogP contribution in [-0.2, 0) is 0 Å². The Morgan fingerprint density at radius 3 is 2.94 bits per heavy atom. The van der Waals surface area contributed by atoms with Crippen molar-refractivity contribution in [2.75, 3.05) is 11.6 Å². The van der Waals surface area contributed by atoms with E-state index in [-0.39, 0.29) is 0 Å². The molecule has 4 heteroatoms. The standard InChI is InChI=1S/C12H17BrN2S/c1-8-9(13)6-7-12(14-8)15-10-4-3-5-11(10)16-2/h6-7,10-11H,3-5H2,1-2H3,(H,14,15). The summed E-state index contributed by atoms with van der Waals surface area (Å²) in [5, 5.41) is 4.30. The normalized spacial score (nSPS) is 24.7. The smallest absolute Gasteiger partial charge is 0.126 e. The number of pyridine rings is 1. The van der Waals surface area contributed by atoms with Crippen LogP contribution in [0.2, 0.25) is 0 Å². The summed E-state index contributed by atoms with van der Waals surface area (Å²) in [5.74, 6) is 1.01. The fourth-order valence-corrected chi connectivity index (χ4v) is 3.34. The molecule has 1 aliphatic carbocycles. The number of aryl methyl sites for hydroxylation is 1. The van der Waals surface area contributed by atoms with Crippen LogP contribution >= 0.6 is 27.7 Å². The monoisotopic (exact) mass is 300 g/mol. The molecule has 2 unspecified atom stereocenters. The highest BCUT2D eigenvalue weighted by atomic mass is 79.9. The molecular weight excluding hydrogens is 284 g/mol. The van der Waals surface area contributed by atoms with Crippen LogP contribution in [0.25, 0.3) is 0 Å². The van der Waals surface area contributed by atoms with Crippen LogP contribution in [0.4, 0.5) is 5.82 Å². The number of thioether (sulfide) groups is 1. The molecule has 88 valence electrons. The van der Waals surface area contributed by atoms with Gasteiger partial charge in [-0.2, -0.15) is 11.8 Å². The molecule has 1 aromatic heterocycles. The first-order chi connectivity index (χ1) is 7.70. The lowest BCUT2D eigenvalue weighted by Gasteiger charge is -2.20. The summed E-state index contributed by atoms with van der Waals surface area (Å²) in [7, 11) is 0. The van der Waals surface area contributed by atoms with Crippen molar-refractivity contribution in [2.45, 2.75) is 37.5 Å². The first-order valence-corrected chi connectivity index (χ1v) is 7.71. The number of rotatable bonds is 3. The second-order valence-corrected chi connectivity index (χ2v) is 6.15. The van der Waals surface area contributed by atoms with Gasteiger partial charge >= 0.3 is 0 Å². The van der Waals surface area contributed by atoms with Crippen molar-refractivity contribution in [3.63, 3.8) is 0 Å². The molecule has 1 saturated carbocycles. The van der Waals surface area contributed by atoms with E-state index in [1.54, 1.807) is 0 Å². The number of nitrogens with zero attached hydrogens (tertiary/aromatic N) is 1. The average Bonchev–Trinajstić information content (AvgIpc) is 2.71. The lowest BCUT2D eigenvalue weighted by molar-refractivity contribution is 0.762. The molecule has 2 atom stereocenters. The molecule has 0 aliphatic heterocycles. The number of aromatic nitrogens is 1. The Bertz CT molecular complexity index is 370. The Labute approximate surface area is 110 Å². The van der Waals surface area contributed by atoms with Crippen molar-refractivity contribution in [1.29, 1.82) is 0 Å². The second kappa shape index (κ2) is 5.41. The Kier molecular flexibility index (Phi) is 4.14. The van der Waals surface area contributed by atoms with E-state index in [9.17, 15) is 0 Å². The maximum Gasteiger partial charge on any atom is 0.126 e. The number of hydrogen-bond acceptors (Lipinski definition) is 3. The van der Waals surface area contributed by atoms with E-state index in [0.717, 1.165) is 21.2 Å². The third kappa shape index (κ3) is 2.72. The van der Waals surface area contributed by atoms with E-state index in [2.05, 4.69) is 38.6 Å². The van der Waals surface area contributed by atoms with Gasteiger partial charge < -0.3 is 5.32 Å². The van der Waals surface area contributed by atoms with E-state index in [0.29, 0.717) is 6.04 Å². The summed E-state index contributed by atoms with van der Waals surface area (Å²) < 4.78 is 1.07. The molecular formula is C12H17BrN2S. The van der Waals surface area contributed by atoms with Crippen LogP contribution < -0.4 is 5.32 Å². The Hall–Kier alpha value is -0.220. The Morgan fingerprint density at radius 1 is 1.44 bits per heavy atom. The van der Waals surface area contributed by atoms with Crippen molar-refractivity contribution in [3.05, 3.63) is 22.3 Å². The maximum atomic E-state index is 4.54. The summed E-state index contributed by atoms with van der Waals surface area (Å²) in [6, 6.07) is 4.70. The minimum Gasteiger partial charge on any atom is -0.366 e. The highest BCUT2D eigenvalue weighted by Gasteiger charge is 2.26. The SMILES string of the molecule is CSC1CCCC1Nc1ccc(Br)c(C)n1. The number of hydrogen-bond donors (Lipinski definition) is 1. The summed E-state index contributed by atoms with van der Waals surface area (Å²) in [5.41, 5.74) is 1.05. The quantitative estimate of drug-likeness (QED) is 0.918. The molecule has 0 amide bonds. The van der Waals surface area contributed by atoms with Gasteiger partial charge in [-0.3, -0.25) is 0 Å². The van der Waals surface area contributed by atoms with Gasteiger partial charge in [-0.1, -0.05) is 6.42 Å². The van der Waals surface area contributed by atoms with Gasteiger partial charge in [-0.05, 0) is 54.1 Å². The van der Waals surface area contributed by atoms with Gasteiger partial charge in [0.1, 0.15) is 5.82 Å². The molecule has 1 fully saturated rings. The molecule has 0 spiro atoms. The molecule has 16 heavy (non-hydrogen) atoms. The fourth-order valence-electron chi connectivity index (χ4n) is 2.19. The fraction of sp³-hybridized carbons (Fsp3) is 0.583. The molecule has 0 radical (unpaired) electrons. The third-order valence-electron chi connectivity index (χ3n) is 3.11. The van der Waals surface area contributed by atoms with Crippen LogP contribution in [0.3, 0.4) is 0 Å². The largest absolute Gasteiger partial charge is 0.366 e. The predicted octanol–water partition coefficient (Wildman–Crippen LogP) is 3.85. The topological polar surface area (TPSA) is 24.9 Å². The van der Waals surface area contributed by atoms with E-state index in [4.69, 9.17) is 0 Å². The third-order valence-corrected chi connectivity index (χ3v) is 5.12. The van der Waals surface area contributed by atoms with Crippen molar-refractivity contribution in [2.24, 2.45) is 0 Å². The first-order valence-electron chi connectivity index (χ1n) is 5.63. The van der Waals surface area contributed by atoms with Gasteiger partial charge in [0.05, 0.1) is 5.69 Å². The molecule has 1 aliphatic rings. The van der Waals surface area contributed by atoms with Gasteiger partial charge in [0, 0.05) is 15.8 Å². The van der Waals surface area contributed by atoms with Crippen LogP contribution in [0.15, 0.2) is 16.6 Å². The Morgan fingerprint density at radius 2 is 2.25 bits per heavy atom. The van der Waals surface area contributed by atoms with Gasteiger partial charge in [0.25, 0.3) is 0 Å². The van der Waals surface area contributed by atoms with Crippen molar-refractivity contribution >= 4 is 33.5 Å². The number of anilines is 1. The molecule has 1 aromatic rings. The summed E-state index contributed by atoms with van der Waals surface area (Å²) in [6.07, 6.45) is 6.13. The van der Waals surface area contributed by atoms with E-state index in [1.165, 1.54) is 19.3 Å². The van der Waals surface area contributed by atoms with Crippen LogP contribution in [-0.4, -0.2) is 22.5 Å². The molecule has 0 bridgehead atoms. The van der Waals surface area contributed by atoms with E-state index >= 15 is 0 Å². The van der Waals surface area contributed by atoms with Crippen molar-refractivity contribution in [1.82, 2.24) is 4.98 Å². The van der Waals surface area contributed by atoms with Crippen LogP contribution in [0.1, 0.15) is 25.0 Å². The van der Waals surface area contributed by atoms with E-state index < -0.39 is 0 Å². The molecule has 2 nitrogen and oxygen atoms in total. The lowest BCUT2D eigenvalue weighted by Crippen LogP contribution is -2.26. The number of nitrogens with one attached hydrogen (secondary N) is 1. The minimum atomic E-state index is 0.586. The summed E-state index contributed by atoms with van der Waals surface area (Å²) in [4.78, 5) is 4.54. The molecule has 0 saturated heterocycles. The zero-order valence-corrected chi connectivity index (χ0v) is 12.1. The molecule has 2 rings (SSSR count). The highest BCUT2D eigenvalue weighted by molar-refractivity contribution is 9.10. The average molecular weight is 301 g/mol.